The molecule has 0 unspecified atom stereocenters. The van der Waals surface area contributed by atoms with E-state index in [0.717, 1.165) is 16.6 Å². The summed E-state index contributed by atoms with van der Waals surface area (Å²) in [6.07, 6.45) is 0. The lowest BCUT2D eigenvalue weighted by Gasteiger charge is -2.33. The van der Waals surface area contributed by atoms with Crippen LogP contribution in [-0.4, -0.2) is 0 Å². The Morgan fingerprint density at radius 3 is 1.89 bits per heavy atom. The number of hydrogen-bond acceptors (Lipinski definition) is 2. The Balaban J connectivity index is 1.31. The molecule has 0 N–H and O–H groups in total. The largest absolute Gasteiger partial charge is 0.456 e. The molecule has 210 valence electrons. The summed E-state index contributed by atoms with van der Waals surface area (Å²) in [6.45, 7) is 0. The van der Waals surface area contributed by atoms with Gasteiger partial charge in [0.2, 0.25) is 0 Å². The van der Waals surface area contributed by atoms with E-state index in [2.05, 4.69) is 158 Å². The van der Waals surface area contributed by atoms with Crippen molar-refractivity contribution >= 4 is 53.4 Å². The third-order valence-electron chi connectivity index (χ3n) is 9.77. The summed E-state index contributed by atoms with van der Waals surface area (Å²) in [5.41, 5.74) is 11.5. The van der Waals surface area contributed by atoms with Gasteiger partial charge < -0.3 is 4.42 Å². The third kappa shape index (κ3) is 3.32. The minimum absolute atomic E-state index is 0.451. The number of thiophene rings is 1. The highest BCUT2D eigenvalue weighted by Crippen LogP contribution is 2.57. The molecular formula is C43H26OS. The molecular weight excluding hydrogens is 565 g/mol. The third-order valence-corrected chi connectivity index (χ3v) is 11.0. The van der Waals surface area contributed by atoms with Crippen LogP contribution < -0.4 is 0 Å². The van der Waals surface area contributed by atoms with Crippen molar-refractivity contribution in [3.05, 3.63) is 180 Å². The standard InChI is InChI=1S/C43H26OS/c1-3-13-27(14-4-1)43(28-15-5-2-6-16-28)36-22-9-7-17-29(36)34-25-35-39(26-37(34)43)44-38-23-12-19-31(41(35)38)33-21-11-20-32-30-18-8-10-24-40(30)45-42(32)33/h1-26H. The van der Waals surface area contributed by atoms with Gasteiger partial charge in [-0.25, -0.2) is 0 Å². The van der Waals surface area contributed by atoms with Crippen molar-refractivity contribution in [2.24, 2.45) is 0 Å². The Morgan fingerprint density at radius 2 is 1.07 bits per heavy atom. The Hall–Kier alpha value is -5.44. The van der Waals surface area contributed by atoms with Crippen LogP contribution in [0.15, 0.2) is 162 Å². The zero-order valence-corrected chi connectivity index (χ0v) is 25.1. The monoisotopic (exact) mass is 590 g/mol. The van der Waals surface area contributed by atoms with Crippen molar-refractivity contribution in [1.29, 1.82) is 0 Å². The molecule has 2 heteroatoms. The van der Waals surface area contributed by atoms with Gasteiger partial charge in [-0.1, -0.05) is 133 Å². The van der Waals surface area contributed by atoms with Crippen LogP contribution >= 0.6 is 11.3 Å². The Bertz CT molecular complexity index is 2550. The lowest BCUT2D eigenvalue weighted by molar-refractivity contribution is 0.666. The molecule has 0 radical (unpaired) electrons. The number of fused-ring (bicyclic) bond motifs is 9. The summed E-state index contributed by atoms with van der Waals surface area (Å²) in [5, 5.41) is 4.96. The SMILES string of the molecule is c1ccc(C2(c3ccccc3)c3ccccc3-c3cc4c(cc32)oc2cccc(-c3cccc5c3sc3ccccc35)c24)cc1. The van der Waals surface area contributed by atoms with Crippen LogP contribution in [0, 0.1) is 0 Å². The van der Waals surface area contributed by atoms with Crippen molar-refractivity contribution in [2.75, 3.05) is 0 Å². The summed E-state index contributed by atoms with van der Waals surface area (Å²) >= 11 is 1.87. The molecule has 45 heavy (non-hydrogen) atoms. The van der Waals surface area contributed by atoms with Gasteiger partial charge >= 0.3 is 0 Å². The minimum Gasteiger partial charge on any atom is -0.456 e. The topological polar surface area (TPSA) is 13.1 Å². The Labute approximate surface area is 264 Å². The van der Waals surface area contributed by atoms with E-state index < -0.39 is 5.41 Å². The van der Waals surface area contributed by atoms with Gasteiger partial charge in [0.1, 0.15) is 11.2 Å². The van der Waals surface area contributed by atoms with E-state index in [0.29, 0.717) is 0 Å². The van der Waals surface area contributed by atoms with E-state index >= 15 is 0 Å². The number of furan rings is 1. The van der Waals surface area contributed by atoms with Crippen molar-refractivity contribution < 1.29 is 4.42 Å². The zero-order chi connectivity index (χ0) is 29.5. The average Bonchev–Trinajstić information content (AvgIpc) is 3.76. The van der Waals surface area contributed by atoms with Gasteiger partial charge in [-0.2, -0.15) is 0 Å². The van der Waals surface area contributed by atoms with Crippen LogP contribution in [0.4, 0.5) is 0 Å². The number of hydrogen-bond donors (Lipinski definition) is 0. The second-order valence-corrected chi connectivity index (χ2v) is 13.0. The maximum absolute atomic E-state index is 6.78. The molecule has 0 bridgehead atoms. The van der Waals surface area contributed by atoms with E-state index in [-0.39, 0.29) is 0 Å². The molecule has 1 nitrogen and oxygen atoms in total. The first-order valence-electron chi connectivity index (χ1n) is 15.4. The zero-order valence-electron chi connectivity index (χ0n) is 24.3. The molecule has 0 atom stereocenters. The molecule has 10 rings (SSSR count). The van der Waals surface area contributed by atoms with Crippen molar-refractivity contribution in [2.45, 2.75) is 5.41 Å². The van der Waals surface area contributed by atoms with Crippen LogP contribution in [0.5, 0.6) is 0 Å². The van der Waals surface area contributed by atoms with E-state index in [9.17, 15) is 0 Å². The van der Waals surface area contributed by atoms with Gasteiger partial charge in [0.25, 0.3) is 0 Å². The van der Waals surface area contributed by atoms with Crippen molar-refractivity contribution in [1.82, 2.24) is 0 Å². The van der Waals surface area contributed by atoms with E-state index in [1.165, 1.54) is 70.1 Å². The van der Waals surface area contributed by atoms with Gasteiger partial charge in [0.15, 0.2) is 0 Å². The maximum atomic E-state index is 6.78. The van der Waals surface area contributed by atoms with Crippen LogP contribution in [0.1, 0.15) is 22.3 Å². The Kier molecular flexibility index (Phi) is 5.14. The predicted molar refractivity (Wildman–Crippen MR) is 189 cm³/mol. The summed E-state index contributed by atoms with van der Waals surface area (Å²) in [6, 6.07) is 57.5. The van der Waals surface area contributed by atoms with Crippen LogP contribution in [0.2, 0.25) is 0 Å². The molecule has 0 aliphatic heterocycles. The fourth-order valence-electron chi connectivity index (χ4n) is 7.94. The van der Waals surface area contributed by atoms with E-state index in [4.69, 9.17) is 4.42 Å². The molecule has 0 spiro atoms. The smallest absolute Gasteiger partial charge is 0.136 e. The van der Waals surface area contributed by atoms with Gasteiger partial charge in [-0.05, 0) is 63.2 Å². The molecule has 7 aromatic carbocycles. The highest BCUT2D eigenvalue weighted by molar-refractivity contribution is 7.26. The summed E-state index contributed by atoms with van der Waals surface area (Å²) in [5.74, 6) is 0. The minimum atomic E-state index is -0.451. The molecule has 1 aliphatic carbocycles. The van der Waals surface area contributed by atoms with Gasteiger partial charge in [0, 0.05) is 36.5 Å². The quantitative estimate of drug-likeness (QED) is 0.199. The molecule has 2 heterocycles. The van der Waals surface area contributed by atoms with Gasteiger partial charge in [-0.3, -0.25) is 0 Å². The molecule has 0 saturated carbocycles. The highest BCUT2D eigenvalue weighted by Gasteiger charge is 2.46. The molecule has 9 aromatic rings. The molecule has 0 saturated heterocycles. The normalized spacial score (nSPS) is 13.5. The second kappa shape index (κ2) is 9.28. The fourth-order valence-corrected chi connectivity index (χ4v) is 9.17. The van der Waals surface area contributed by atoms with Crippen LogP contribution in [0.3, 0.4) is 0 Å². The summed E-state index contributed by atoms with van der Waals surface area (Å²) < 4.78 is 9.41. The van der Waals surface area contributed by atoms with Crippen LogP contribution in [-0.2, 0) is 5.41 Å². The maximum Gasteiger partial charge on any atom is 0.136 e. The van der Waals surface area contributed by atoms with E-state index in [1.807, 2.05) is 11.3 Å². The first-order valence-corrected chi connectivity index (χ1v) is 16.3. The lowest BCUT2D eigenvalue weighted by atomic mass is 9.67. The molecule has 0 amide bonds. The molecule has 0 fully saturated rings. The number of rotatable bonds is 3. The van der Waals surface area contributed by atoms with E-state index in [1.54, 1.807) is 0 Å². The molecule has 2 aromatic heterocycles. The fraction of sp³-hybridized carbons (Fsp3) is 0.0233. The molecule has 1 aliphatic rings. The van der Waals surface area contributed by atoms with Gasteiger partial charge in [0.05, 0.1) is 5.41 Å². The van der Waals surface area contributed by atoms with Crippen molar-refractivity contribution in [3.8, 4) is 22.3 Å². The summed E-state index contributed by atoms with van der Waals surface area (Å²) in [7, 11) is 0. The number of benzene rings is 7. The average molecular weight is 591 g/mol. The second-order valence-electron chi connectivity index (χ2n) is 12.0. The first-order chi connectivity index (χ1) is 22.3. The van der Waals surface area contributed by atoms with Crippen LogP contribution in [0.25, 0.3) is 64.4 Å². The first kappa shape index (κ1) is 24.9. The summed E-state index contributed by atoms with van der Waals surface area (Å²) in [4.78, 5) is 0. The highest BCUT2D eigenvalue weighted by atomic mass is 32.1. The Morgan fingerprint density at radius 1 is 0.422 bits per heavy atom. The van der Waals surface area contributed by atoms with Crippen molar-refractivity contribution in [3.63, 3.8) is 0 Å². The predicted octanol–water partition coefficient (Wildman–Crippen LogP) is 12.0. The lowest BCUT2D eigenvalue weighted by Crippen LogP contribution is -2.28. The van der Waals surface area contributed by atoms with Gasteiger partial charge in [-0.15, -0.1) is 11.3 Å².